The highest BCUT2D eigenvalue weighted by atomic mass is 16.4. The third-order valence-electron chi connectivity index (χ3n) is 4.48. The number of fused-ring (bicyclic) bond motifs is 1. The van der Waals surface area contributed by atoms with Gasteiger partial charge in [-0.25, -0.2) is 4.98 Å². The number of hydrogen-bond donors (Lipinski definition) is 2. The molecule has 124 valence electrons. The minimum Gasteiger partial charge on any atom is -0.481 e. The van der Waals surface area contributed by atoms with Crippen molar-refractivity contribution in [3.8, 4) is 0 Å². The number of aromatic nitrogens is 1. The van der Waals surface area contributed by atoms with Crippen LogP contribution in [0, 0.1) is 5.92 Å². The molecule has 2 aromatic rings. The van der Waals surface area contributed by atoms with E-state index in [-0.39, 0.29) is 11.3 Å². The van der Waals surface area contributed by atoms with Crippen molar-refractivity contribution in [3.05, 3.63) is 24.1 Å². The summed E-state index contributed by atoms with van der Waals surface area (Å²) in [5, 5.41) is 12.6. The molecule has 0 radical (unpaired) electrons. The molecule has 5 heteroatoms. The summed E-state index contributed by atoms with van der Waals surface area (Å²) < 4.78 is 5.81. The topological polar surface area (TPSA) is 75.4 Å². The van der Waals surface area contributed by atoms with Gasteiger partial charge >= 0.3 is 5.97 Å². The summed E-state index contributed by atoms with van der Waals surface area (Å²) in [7, 11) is 0. The van der Waals surface area contributed by atoms with Gasteiger partial charge in [0, 0.05) is 17.1 Å². The molecule has 1 fully saturated rings. The van der Waals surface area contributed by atoms with Gasteiger partial charge in [0.2, 0.25) is 5.89 Å². The normalized spacial score (nSPS) is 22.2. The quantitative estimate of drug-likeness (QED) is 0.888. The molecular weight excluding hydrogens is 292 g/mol. The number of hydrogen-bond acceptors (Lipinski definition) is 4. The second-order valence-electron chi connectivity index (χ2n) is 7.48. The summed E-state index contributed by atoms with van der Waals surface area (Å²) in [6, 6.07) is 6.29. The van der Waals surface area contributed by atoms with E-state index in [9.17, 15) is 4.79 Å². The van der Waals surface area contributed by atoms with Crippen molar-refractivity contribution in [1.29, 1.82) is 0 Å². The zero-order valence-corrected chi connectivity index (χ0v) is 13.9. The van der Waals surface area contributed by atoms with Gasteiger partial charge in [-0.1, -0.05) is 20.8 Å². The zero-order valence-electron chi connectivity index (χ0n) is 13.9. The third kappa shape index (κ3) is 3.49. The molecule has 1 heterocycles. The molecule has 0 aliphatic heterocycles. The number of carbonyl (C=O) groups is 1. The number of nitrogens with one attached hydrogen (secondary N) is 1. The first kappa shape index (κ1) is 15.8. The maximum atomic E-state index is 11.0. The number of aliphatic carboxylic acids is 1. The molecule has 5 nitrogen and oxygen atoms in total. The number of anilines is 1. The highest BCUT2D eigenvalue weighted by Crippen LogP contribution is 2.30. The molecular formula is C18H24N2O3. The van der Waals surface area contributed by atoms with Crippen LogP contribution in [-0.4, -0.2) is 22.1 Å². The largest absolute Gasteiger partial charge is 0.481 e. The summed E-state index contributed by atoms with van der Waals surface area (Å²) in [4.78, 5) is 15.6. The van der Waals surface area contributed by atoms with Crippen LogP contribution in [0.25, 0.3) is 11.1 Å². The summed E-state index contributed by atoms with van der Waals surface area (Å²) >= 11 is 0. The van der Waals surface area contributed by atoms with Gasteiger partial charge in [0.25, 0.3) is 0 Å². The van der Waals surface area contributed by atoms with Gasteiger partial charge in [-0.15, -0.1) is 0 Å². The van der Waals surface area contributed by atoms with Gasteiger partial charge < -0.3 is 14.8 Å². The van der Waals surface area contributed by atoms with E-state index in [1.54, 1.807) is 0 Å². The van der Waals surface area contributed by atoms with Gasteiger partial charge in [-0.05, 0) is 43.9 Å². The van der Waals surface area contributed by atoms with Gasteiger partial charge in [-0.3, -0.25) is 4.79 Å². The van der Waals surface area contributed by atoms with Crippen molar-refractivity contribution in [2.75, 3.05) is 5.32 Å². The number of oxazole rings is 1. The van der Waals surface area contributed by atoms with Crippen LogP contribution in [-0.2, 0) is 10.2 Å². The summed E-state index contributed by atoms with van der Waals surface area (Å²) in [6.07, 6.45) is 3.27. The molecule has 0 atom stereocenters. The average Bonchev–Trinajstić information content (AvgIpc) is 2.91. The van der Waals surface area contributed by atoms with E-state index < -0.39 is 5.97 Å². The minimum atomic E-state index is -0.665. The molecule has 0 unspecified atom stereocenters. The smallest absolute Gasteiger partial charge is 0.306 e. The Morgan fingerprint density at radius 1 is 1.26 bits per heavy atom. The fraction of sp³-hybridized carbons (Fsp3) is 0.556. The molecule has 1 aliphatic carbocycles. The van der Waals surface area contributed by atoms with E-state index in [0.717, 1.165) is 48.4 Å². The van der Waals surface area contributed by atoms with Gasteiger partial charge in [0.1, 0.15) is 5.52 Å². The van der Waals surface area contributed by atoms with Crippen LogP contribution >= 0.6 is 0 Å². The summed E-state index contributed by atoms with van der Waals surface area (Å²) in [5.74, 6) is -0.103. The number of rotatable bonds is 3. The van der Waals surface area contributed by atoms with E-state index in [1.165, 1.54) is 0 Å². The predicted octanol–water partition coefficient (Wildman–Crippen LogP) is 4.18. The molecule has 2 N–H and O–H groups in total. The molecule has 0 bridgehead atoms. The Kier molecular flexibility index (Phi) is 4.04. The van der Waals surface area contributed by atoms with Crippen LogP contribution in [0.5, 0.6) is 0 Å². The van der Waals surface area contributed by atoms with Crippen molar-refractivity contribution in [2.24, 2.45) is 5.92 Å². The molecule has 1 aliphatic rings. The lowest BCUT2D eigenvalue weighted by atomic mass is 9.86. The van der Waals surface area contributed by atoms with Crippen LogP contribution in [0.15, 0.2) is 22.6 Å². The van der Waals surface area contributed by atoms with Gasteiger partial charge in [-0.2, -0.15) is 0 Å². The molecule has 1 aromatic heterocycles. The van der Waals surface area contributed by atoms with Crippen LogP contribution in [0.2, 0.25) is 0 Å². The lowest BCUT2D eigenvalue weighted by molar-refractivity contribution is -0.142. The summed E-state index contributed by atoms with van der Waals surface area (Å²) in [5.41, 5.74) is 2.57. The number of benzene rings is 1. The van der Waals surface area contributed by atoms with E-state index in [2.05, 4.69) is 31.1 Å². The number of carboxylic acid groups (broad SMARTS) is 1. The highest BCUT2D eigenvalue weighted by Gasteiger charge is 2.26. The number of carboxylic acids is 1. The standard InChI is InChI=1S/C18H24N2O3/c1-18(2,3)17-20-14-10-13(8-9-15(14)23-17)19-12-6-4-11(5-7-12)16(21)22/h8-12,19H,4-7H2,1-3H3,(H,21,22). The third-order valence-corrected chi connectivity index (χ3v) is 4.48. The molecule has 0 spiro atoms. The lowest BCUT2D eigenvalue weighted by Crippen LogP contribution is -2.29. The summed E-state index contributed by atoms with van der Waals surface area (Å²) in [6.45, 7) is 6.24. The Bertz CT molecular complexity index is 707. The van der Waals surface area contributed by atoms with E-state index in [1.807, 2.05) is 18.2 Å². The molecule has 0 amide bonds. The molecule has 1 saturated carbocycles. The second kappa shape index (κ2) is 5.87. The van der Waals surface area contributed by atoms with Crippen LogP contribution in [0.1, 0.15) is 52.3 Å². The molecule has 1 aromatic carbocycles. The monoisotopic (exact) mass is 316 g/mol. The Labute approximate surface area is 136 Å². The second-order valence-corrected chi connectivity index (χ2v) is 7.48. The highest BCUT2D eigenvalue weighted by molar-refractivity contribution is 5.77. The Hall–Kier alpha value is -2.04. The van der Waals surface area contributed by atoms with Crippen molar-refractivity contribution >= 4 is 22.8 Å². The fourth-order valence-electron chi connectivity index (χ4n) is 3.06. The molecule has 3 rings (SSSR count). The van der Waals surface area contributed by atoms with Crippen molar-refractivity contribution in [3.63, 3.8) is 0 Å². The van der Waals surface area contributed by atoms with Gasteiger partial charge in [0.15, 0.2) is 5.58 Å². The Balaban J connectivity index is 1.70. The first-order chi connectivity index (χ1) is 10.8. The van der Waals surface area contributed by atoms with Crippen LogP contribution in [0.4, 0.5) is 5.69 Å². The van der Waals surface area contributed by atoms with E-state index >= 15 is 0 Å². The Morgan fingerprint density at radius 3 is 2.57 bits per heavy atom. The maximum Gasteiger partial charge on any atom is 0.306 e. The van der Waals surface area contributed by atoms with E-state index in [4.69, 9.17) is 9.52 Å². The SMILES string of the molecule is CC(C)(C)c1nc2cc(NC3CCC(C(=O)O)CC3)ccc2o1. The predicted molar refractivity (Wildman–Crippen MR) is 89.7 cm³/mol. The fourth-order valence-corrected chi connectivity index (χ4v) is 3.06. The average molecular weight is 316 g/mol. The lowest BCUT2D eigenvalue weighted by Gasteiger charge is -2.27. The van der Waals surface area contributed by atoms with Crippen LogP contribution in [0.3, 0.4) is 0 Å². The maximum absolute atomic E-state index is 11.0. The van der Waals surface area contributed by atoms with Gasteiger partial charge in [0.05, 0.1) is 5.92 Å². The van der Waals surface area contributed by atoms with Crippen molar-refractivity contribution in [2.45, 2.75) is 57.9 Å². The first-order valence-corrected chi connectivity index (χ1v) is 8.23. The molecule has 23 heavy (non-hydrogen) atoms. The Morgan fingerprint density at radius 2 is 1.96 bits per heavy atom. The van der Waals surface area contributed by atoms with E-state index in [0.29, 0.717) is 6.04 Å². The van der Waals surface area contributed by atoms with Crippen molar-refractivity contribution in [1.82, 2.24) is 4.98 Å². The zero-order chi connectivity index (χ0) is 16.6. The molecule has 0 saturated heterocycles. The van der Waals surface area contributed by atoms with Crippen LogP contribution < -0.4 is 5.32 Å². The minimum absolute atomic E-state index is 0.109. The number of nitrogens with zero attached hydrogens (tertiary/aromatic N) is 1. The first-order valence-electron chi connectivity index (χ1n) is 8.23. The van der Waals surface area contributed by atoms with Crippen molar-refractivity contribution < 1.29 is 14.3 Å².